The molecule has 0 aliphatic rings. The van der Waals surface area contributed by atoms with Gasteiger partial charge in [0.2, 0.25) is 0 Å². The van der Waals surface area contributed by atoms with E-state index in [0.29, 0.717) is 15.8 Å². The van der Waals surface area contributed by atoms with Gasteiger partial charge in [0.15, 0.2) is 0 Å². The Morgan fingerprint density at radius 1 is 1.29 bits per heavy atom. The van der Waals surface area contributed by atoms with Gasteiger partial charge in [0.05, 0.1) is 0 Å². The number of hydrogen-bond donors (Lipinski definition) is 1. The molecule has 1 aromatic heterocycles. The van der Waals surface area contributed by atoms with E-state index in [9.17, 15) is 4.39 Å². The molecule has 5 heteroatoms. The summed E-state index contributed by atoms with van der Waals surface area (Å²) < 4.78 is 14.4. The summed E-state index contributed by atoms with van der Waals surface area (Å²) in [5, 5.41) is 6.61. The normalized spacial score (nSPS) is 10.6. The Hall–Kier alpha value is -1.26. The monoisotopic (exact) mass is 268 g/mol. The van der Waals surface area contributed by atoms with Crippen LogP contribution in [0.4, 0.5) is 4.39 Å². The molecule has 2 nitrogen and oxygen atoms in total. The number of aromatic nitrogens is 2. The van der Waals surface area contributed by atoms with Crippen molar-refractivity contribution in [2.75, 3.05) is 0 Å². The molecule has 0 saturated heterocycles. The first kappa shape index (κ1) is 12.2. The molecule has 0 aliphatic heterocycles. The fourth-order valence-electron chi connectivity index (χ4n) is 1.82. The molecule has 0 atom stereocenters. The summed E-state index contributed by atoms with van der Waals surface area (Å²) in [5.74, 6) is -0.302. The Bertz CT molecular complexity index is 614. The minimum Gasteiger partial charge on any atom is -0.266 e. The van der Waals surface area contributed by atoms with E-state index >= 15 is 0 Å². The van der Waals surface area contributed by atoms with Crippen LogP contribution in [0.3, 0.4) is 0 Å². The fraction of sp³-hybridized carbons (Fsp3) is 0.167. The Balaban J connectivity index is 2.77. The Kier molecular flexibility index (Phi) is 3.26. The second kappa shape index (κ2) is 4.55. The van der Waals surface area contributed by atoms with Crippen molar-refractivity contribution in [3.8, 4) is 11.1 Å². The summed E-state index contributed by atoms with van der Waals surface area (Å²) in [7, 11) is 0. The molecule has 0 spiro atoms. The number of aromatic amines is 1. The average Bonchev–Trinajstić information content (AvgIpc) is 2.21. The molecule has 0 aliphatic carbocycles. The van der Waals surface area contributed by atoms with Gasteiger partial charge in [-0.3, -0.25) is 5.10 Å². The smallest absolute Gasteiger partial charge is 0.150 e. The summed E-state index contributed by atoms with van der Waals surface area (Å²) in [5.41, 5.74) is 2.74. The first-order chi connectivity index (χ1) is 7.99. The number of benzene rings is 1. The quantitative estimate of drug-likeness (QED) is 0.785. The number of aryl methyl sites for hydroxylation is 2. The van der Waals surface area contributed by atoms with Crippen LogP contribution in [-0.2, 0) is 0 Å². The molecule has 0 bridgehead atoms. The van der Waals surface area contributed by atoms with Gasteiger partial charge in [-0.25, -0.2) is 4.39 Å². The first-order valence-corrected chi connectivity index (χ1v) is 5.80. The lowest BCUT2D eigenvalue weighted by atomic mass is 10.00. The van der Waals surface area contributed by atoms with Crippen LogP contribution in [0.25, 0.3) is 11.1 Å². The first-order valence-electron chi connectivity index (χ1n) is 5.01. The van der Waals surface area contributed by atoms with Crippen LogP contribution >= 0.6 is 23.8 Å². The second-order valence-electron chi connectivity index (χ2n) is 3.87. The van der Waals surface area contributed by atoms with Crippen molar-refractivity contribution in [3.05, 3.63) is 44.9 Å². The van der Waals surface area contributed by atoms with E-state index in [2.05, 4.69) is 10.2 Å². The molecule has 2 aromatic rings. The highest BCUT2D eigenvalue weighted by atomic mass is 35.5. The Morgan fingerprint density at radius 2 is 2.00 bits per heavy atom. The zero-order chi connectivity index (χ0) is 12.6. The Morgan fingerprint density at radius 3 is 2.65 bits per heavy atom. The van der Waals surface area contributed by atoms with Gasteiger partial charge >= 0.3 is 0 Å². The van der Waals surface area contributed by atoms with Crippen LogP contribution in [0, 0.1) is 24.3 Å². The third-order valence-electron chi connectivity index (χ3n) is 2.47. The number of H-pyrrole nitrogens is 1. The van der Waals surface area contributed by atoms with Gasteiger partial charge < -0.3 is 0 Å². The minimum atomic E-state index is -0.302. The third kappa shape index (κ3) is 2.37. The lowest BCUT2D eigenvalue weighted by Crippen LogP contribution is -1.94. The Labute approximate surface area is 108 Å². The maximum absolute atomic E-state index is 14.0. The maximum atomic E-state index is 14.0. The van der Waals surface area contributed by atoms with Crippen LogP contribution in [0.15, 0.2) is 18.2 Å². The molecule has 0 radical (unpaired) electrons. The summed E-state index contributed by atoms with van der Waals surface area (Å²) in [6.07, 6.45) is 0. The SMILES string of the molecule is Cc1cc(C)c(-c2cc(Cl)n[nH]c2=S)c(F)c1. The van der Waals surface area contributed by atoms with E-state index in [1.807, 2.05) is 19.9 Å². The van der Waals surface area contributed by atoms with Gasteiger partial charge in [-0.2, -0.15) is 5.10 Å². The van der Waals surface area contributed by atoms with Gasteiger partial charge in [0.1, 0.15) is 15.6 Å². The summed E-state index contributed by atoms with van der Waals surface area (Å²) >= 11 is 10.9. The van der Waals surface area contributed by atoms with E-state index < -0.39 is 0 Å². The van der Waals surface area contributed by atoms with Crippen LogP contribution < -0.4 is 0 Å². The molecule has 1 N–H and O–H groups in total. The predicted molar refractivity (Wildman–Crippen MR) is 69.3 cm³/mol. The van der Waals surface area contributed by atoms with Crippen molar-refractivity contribution >= 4 is 23.8 Å². The number of hydrogen-bond acceptors (Lipinski definition) is 2. The molecule has 0 fully saturated rings. The molecule has 0 amide bonds. The number of rotatable bonds is 1. The highest BCUT2D eigenvalue weighted by Gasteiger charge is 2.12. The van der Waals surface area contributed by atoms with Gasteiger partial charge in [0, 0.05) is 11.1 Å². The zero-order valence-corrected chi connectivity index (χ0v) is 10.9. The number of nitrogens with one attached hydrogen (secondary N) is 1. The topological polar surface area (TPSA) is 28.7 Å². The third-order valence-corrected chi connectivity index (χ3v) is 2.98. The van der Waals surface area contributed by atoms with E-state index in [-0.39, 0.29) is 11.0 Å². The minimum absolute atomic E-state index is 0.257. The largest absolute Gasteiger partial charge is 0.266 e. The summed E-state index contributed by atoms with van der Waals surface area (Å²) in [6, 6.07) is 4.95. The molecule has 0 saturated carbocycles. The molecule has 1 aromatic carbocycles. The van der Waals surface area contributed by atoms with Crippen molar-refractivity contribution in [1.82, 2.24) is 10.2 Å². The molecule has 88 valence electrons. The van der Waals surface area contributed by atoms with Gasteiger partial charge in [0.25, 0.3) is 0 Å². The number of nitrogens with zero attached hydrogens (tertiary/aromatic N) is 1. The van der Waals surface area contributed by atoms with Gasteiger partial charge in [-0.05, 0) is 37.1 Å². The van der Waals surface area contributed by atoms with E-state index in [1.54, 1.807) is 6.07 Å². The van der Waals surface area contributed by atoms with E-state index in [1.165, 1.54) is 6.07 Å². The van der Waals surface area contributed by atoms with Crippen LogP contribution in [0.2, 0.25) is 5.15 Å². The standard InChI is InChI=1S/C12H10ClFN2S/c1-6-3-7(2)11(9(14)4-6)8-5-10(13)15-16-12(8)17/h3-5H,1-2H3,(H,16,17). The van der Waals surface area contributed by atoms with Crippen LogP contribution in [-0.4, -0.2) is 10.2 Å². The fourth-order valence-corrected chi connectivity index (χ4v) is 2.18. The van der Waals surface area contributed by atoms with Crippen molar-refractivity contribution in [2.24, 2.45) is 0 Å². The van der Waals surface area contributed by atoms with E-state index in [0.717, 1.165) is 11.1 Å². The molecular formula is C12H10ClFN2S. The van der Waals surface area contributed by atoms with Crippen molar-refractivity contribution in [2.45, 2.75) is 13.8 Å². The van der Waals surface area contributed by atoms with Crippen molar-refractivity contribution in [1.29, 1.82) is 0 Å². The second-order valence-corrected chi connectivity index (χ2v) is 4.67. The highest BCUT2D eigenvalue weighted by Crippen LogP contribution is 2.29. The molecular weight excluding hydrogens is 259 g/mol. The average molecular weight is 269 g/mol. The highest BCUT2D eigenvalue weighted by molar-refractivity contribution is 7.71. The van der Waals surface area contributed by atoms with E-state index in [4.69, 9.17) is 23.8 Å². The van der Waals surface area contributed by atoms with Crippen LogP contribution in [0.5, 0.6) is 0 Å². The zero-order valence-electron chi connectivity index (χ0n) is 9.34. The van der Waals surface area contributed by atoms with Gasteiger partial charge in [-0.15, -0.1) is 0 Å². The summed E-state index contributed by atoms with van der Waals surface area (Å²) in [6.45, 7) is 3.69. The van der Waals surface area contributed by atoms with Crippen molar-refractivity contribution in [3.63, 3.8) is 0 Å². The summed E-state index contributed by atoms with van der Waals surface area (Å²) in [4.78, 5) is 0. The predicted octanol–water partition coefficient (Wildman–Crippen LogP) is 4.22. The van der Waals surface area contributed by atoms with Crippen LogP contribution in [0.1, 0.15) is 11.1 Å². The van der Waals surface area contributed by atoms with Crippen molar-refractivity contribution < 1.29 is 4.39 Å². The lowest BCUT2D eigenvalue weighted by Gasteiger charge is -2.09. The molecule has 0 unspecified atom stereocenters. The molecule has 17 heavy (non-hydrogen) atoms. The number of halogens is 2. The maximum Gasteiger partial charge on any atom is 0.150 e. The molecule has 1 heterocycles. The van der Waals surface area contributed by atoms with Gasteiger partial charge in [-0.1, -0.05) is 29.9 Å². The molecule has 2 rings (SSSR count). The lowest BCUT2D eigenvalue weighted by molar-refractivity contribution is 0.629.